The standard InChI is InChI=1S/C16H13ClFN3O3/c17-11-6-13(19)10(5-12(11)18)15(14(20)16(23)24)21-7-8-1-3-9(22)4-2-8/h1-7,22H,19-20H2,(H,23,24)/b15-14+,21-7?. The Morgan fingerprint density at radius 3 is 2.46 bits per heavy atom. The van der Waals surface area contributed by atoms with Gasteiger partial charge in [-0.1, -0.05) is 11.6 Å². The first-order valence-corrected chi connectivity index (χ1v) is 6.98. The average Bonchev–Trinajstić information content (AvgIpc) is 2.53. The lowest BCUT2D eigenvalue weighted by Crippen LogP contribution is -2.13. The molecule has 6 nitrogen and oxygen atoms in total. The zero-order valence-corrected chi connectivity index (χ0v) is 13.0. The number of carbonyl (C=O) groups is 1. The van der Waals surface area contributed by atoms with Crippen LogP contribution in [-0.4, -0.2) is 22.4 Å². The summed E-state index contributed by atoms with van der Waals surface area (Å²) >= 11 is 5.64. The monoisotopic (exact) mass is 349 g/mol. The molecule has 8 heteroatoms. The number of nitrogens with two attached hydrogens (primary N) is 2. The van der Waals surface area contributed by atoms with Crippen LogP contribution in [0.4, 0.5) is 10.1 Å². The lowest BCUT2D eigenvalue weighted by Gasteiger charge is -2.09. The minimum absolute atomic E-state index is 0.00632. The third kappa shape index (κ3) is 3.82. The Morgan fingerprint density at radius 1 is 1.25 bits per heavy atom. The van der Waals surface area contributed by atoms with E-state index in [-0.39, 0.29) is 27.7 Å². The van der Waals surface area contributed by atoms with E-state index in [2.05, 4.69) is 4.99 Å². The highest BCUT2D eigenvalue weighted by Gasteiger charge is 2.16. The van der Waals surface area contributed by atoms with Crippen molar-refractivity contribution in [3.8, 4) is 5.75 Å². The quantitative estimate of drug-likeness (QED) is 0.384. The second-order valence-electron chi connectivity index (χ2n) is 4.77. The van der Waals surface area contributed by atoms with Gasteiger partial charge in [0.05, 0.1) is 5.02 Å². The molecule has 0 radical (unpaired) electrons. The summed E-state index contributed by atoms with van der Waals surface area (Å²) in [5.74, 6) is -2.14. The van der Waals surface area contributed by atoms with Gasteiger partial charge >= 0.3 is 5.97 Å². The molecule has 0 saturated carbocycles. The second-order valence-corrected chi connectivity index (χ2v) is 5.18. The minimum atomic E-state index is -1.43. The van der Waals surface area contributed by atoms with E-state index in [9.17, 15) is 14.3 Å². The van der Waals surface area contributed by atoms with E-state index < -0.39 is 17.5 Å². The van der Waals surface area contributed by atoms with Crippen molar-refractivity contribution in [3.05, 3.63) is 64.1 Å². The van der Waals surface area contributed by atoms with Crippen LogP contribution in [0, 0.1) is 5.82 Å². The predicted octanol–water partition coefficient (Wildman–Crippen LogP) is 2.60. The summed E-state index contributed by atoms with van der Waals surface area (Å²) in [5.41, 5.74) is 11.1. The lowest BCUT2D eigenvalue weighted by molar-refractivity contribution is -0.132. The topological polar surface area (TPSA) is 122 Å². The molecule has 2 rings (SSSR count). The molecule has 0 aliphatic heterocycles. The van der Waals surface area contributed by atoms with Gasteiger partial charge in [0, 0.05) is 17.5 Å². The summed E-state index contributed by atoms with van der Waals surface area (Å²) in [7, 11) is 0. The number of aliphatic carboxylic acids is 1. The van der Waals surface area contributed by atoms with Crippen LogP contribution in [0.3, 0.4) is 0 Å². The molecule has 0 aliphatic rings. The molecule has 0 saturated heterocycles. The van der Waals surface area contributed by atoms with Gasteiger partial charge in [-0.3, -0.25) is 4.99 Å². The molecule has 2 aromatic carbocycles. The maximum atomic E-state index is 13.7. The van der Waals surface area contributed by atoms with Gasteiger partial charge in [-0.05, 0) is 42.0 Å². The molecule has 0 unspecified atom stereocenters. The van der Waals surface area contributed by atoms with Crippen molar-refractivity contribution in [2.75, 3.05) is 5.73 Å². The number of aliphatic imine (C=N–C) groups is 1. The van der Waals surface area contributed by atoms with E-state index in [4.69, 9.17) is 28.2 Å². The number of benzene rings is 2. The maximum absolute atomic E-state index is 13.7. The van der Waals surface area contributed by atoms with Crippen molar-refractivity contribution in [1.29, 1.82) is 0 Å². The highest BCUT2D eigenvalue weighted by molar-refractivity contribution is 6.31. The Kier molecular flexibility index (Phi) is 5.05. The number of hydrogen-bond acceptors (Lipinski definition) is 5. The Labute approximate surface area is 141 Å². The van der Waals surface area contributed by atoms with Crippen molar-refractivity contribution in [2.24, 2.45) is 10.7 Å². The molecule has 24 heavy (non-hydrogen) atoms. The molecular weight excluding hydrogens is 337 g/mol. The van der Waals surface area contributed by atoms with Crippen LogP contribution in [-0.2, 0) is 4.79 Å². The Morgan fingerprint density at radius 2 is 1.88 bits per heavy atom. The molecule has 0 atom stereocenters. The number of nitrogen functional groups attached to an aromatic ring is 1. The lowest BCUT2D eigenvalue weighted by atomic mass is 10.1. The van der Waals surface area contributed by atoms with Crippen LogP contribution >= 0.6 is 11.6 Å². The fraction of sp³-hybridized carbons (Fsp3) is 0. The Bertz CT molecular complexity index is 848. The van der Waals surface area contributed by atoms with Gasteiger partial charge in [-0.25, -0.2) is 9.18 Å². The van der Waals surface area contributed by atoms with E-state index in [0.29, 0.717) is 5.56 Å². The third-order valence-corrected chi connectivity index (χ3v) is 3.36. The first-order chi connectivity index (χ1) is 11.3. The number of rotatable bonds is 4. The predicted molar refractivity (Wildman–Crippen MR) is 90.3 cm³/mol. The summed E-state index contributed by atoms with van der Waals surface area (Å²) in [4.78, 5) is 15.2. The van der Waals surface area contributed by atoms with Crippen molar-refractivity contribution in [2.45, 2.75) is 0 Å². The van der Waals surface area contributed by atoms with Gasteiger partial charge < -0.3 is 21.7 Å². The normalized spacial score (nSPS) is 12.2. The molecular formula is C16H13ClFN3O3. The smallest absolute Gasteiger partial charge is 0.354 e. The molecule has 0 heterocycles. The van der Waals surface area contributed by atoms with Crippen molar-refractivity contribution in [3.63, 3.8) is 0 Å². The number of carboxylic acids is 1. The molecule has 124 valence electrons. The van der Waals surface area contributed by atoms with E-state index in [1.807, 2.05) is 0 Å². The molecule has 0 spiro atoms. The van der Waals surface area contributed by atoms with Crippen LogP contribution in [0.2, 0.25) is 5.02 Å². The number of nitrogens with zero attached hydrogens (tertiary/aromatic N) is 1. The summed E-state index contributed by atoms with van der Waals surface area (Å²) in [6.07, 6.45) is 1.32. The number of phenols is 1. The summed E-state index contributed by atoms with van der Waals surface area (Å²) in [6.45, 7) is 0. The van der Waals surface area contributed by atoms with Crippen molar-refractivity contribution >= 4 is 35.2 Å². The fourth-order valence-electron chi connectivity index (χ4n) is 1.85. The maximum Gasteiger partial charge on any atom is 0.354 e. The van der Waals surface area contributed by atoms with Crippen LogP contribution in [0.15, 0.2) is 47.1 Å². The van der Waals surface area contributed by atoms with Crippen LogP contribution < -0.4 is 11.5 Å². The van der Waals surface area contributed by atoms with Crippen molar-refractivity contribution in [1.82, 2.24) is 0 Å². The van der Waals surface area contributed by atoms with Crippen LogP contribution in [0.25, 0.3) is 5.70 Å². The van der Waals surface area contributed by atoms with Crippen molar-refractivity contribution < 1.29 is 19.4 Å². The Hall–Kier alpha value is -3.06. The molecule has 6 N–H and O–H groups in total. The Balaban J connectivity index is 2.55. The highest BCUT2D eigenvalue weighted by Crippen LogP contribution is 2.29. The highest BCUT2D eigenvalue weighted by atomic mass is 35.5. The van der Waals surface area contributed by atoms with Gasteiger partial charge in [0.15, 0.2) is 0 Å². The van der Waals surface area contributed by atoms with Gasteiger partial charge in [0.1, 0.15) is 23.0 Å². The largest absolute Gasteiger partial charge is 0.508 e. The van der Waals surface area contributed by atoms with Gasteiger partial charge in [-0.15, -0.1) is 0 Å². The molecule has 2 aromatic rings. The number of anilines is 1. The summed E-state index contributed by atoms with van der Waals surface area (Å²) < 4.78 is 13.7. The molecule has 0 amide bonds. The molecule has 0 fully saturated rings. The second kappa shape index (κ2) is 7.01. The fourth-order valence-corrected chi connectivity index (χ4v) is 2.02. The number of phenolic OH excluding ortho intramolecular Hbond substituents is 1. The number of halogens is 2. The number of aromatic hydroxyl groups is 1. The summed E-state index contributed by atoms with van der Waals surface area (Å²) in [5, 5.41) is 18.2. The van der Waals surface area contributed by atoms with E-state index >= 15 is 0 Å². The zero-order valence-electron chi connectivity index (χ0n) is 12.2. The average molecular weight is 350 g/mol. The molecule has 0 aliphatic carbocycles. The first kappa shape index (κ1) is 17.3. The van der Waals surface area contributed by atoms with E-state index in [1.165, 1.54) is 18.3 Å². The minimum Gasteiger partial charge on any atom is -0.508 e. The van der Waals surface area contributed by atoms with E-state index in [1.54, 1.807) is 12.1 Å². The summed E-state index contributed by atoms with van der Waals surface area (Å²) in [6, 6.07) is 8.09. The van der Waals surface area contributed by atoms with E-state index in [0.717, 1.165) is 12.1 Å². The third-order valence-electron chi connectivity index (χ3n) is 3.07. The SMILES string of the molecule is N/C(C(=O)O)=C(/N=Cc1ccc(O)cc1)c1cc(F)c(Cl)cc1N. The number of carboxylic acid groups (broad SMARTS) is 1. The van der Waals surface area contributed by atoms with Gasteiger partial charge in [-0.2, -0.15) is 0 Å². The van der Waals surface area contributed by atoms with Gasteiger partial charge in [0.2, 0.25) is 0 Å². The number of hydrogen-bond donors (Lipinski definition) is 4. The first-order valence-electron chi connectivity index (χ1n) is 6.60. The molecule has 0 bridgehead atoms. The van der Waals surface area contributed by atoms with Crippen LogP contribution in [0.1, 0.15) is 11.1 Å². The molecule has 0 aromatic heterocycles. The van der Waals surface area contributed by atoms with Gasteiger partial charge in [0.25, 0.3) is 0 Å². The zero-order chi connectivity index (χ0) is 17.9. The van der Waals surface area contributed by atoms with Crippen LogP contribution in [0.5, 0.6) is 5.75 Å².